The van der Waals surface area contributed by atoms with Crippen molar-refractivity contribution in [2.45, 2.75) is 70.8 Å². The first-order valence-electron chi connectivity index (χ1n) is 18.3. The molecule has 1 atom stereocenters. The highest BCUT2D eigenvalue weighted by atomic mass is 19.4. The fourth-order valence-corrected chi connectivity index (χ4v) is 7.31. The topological polar surface area (TPSA) is 153 Å². The number of amides is 3. The Morgan fingerprint density at radius 2 is 1.26 bits per heavy atom. The van der Waals surface area contributed by atoms with Crippen LogP contribution in [0, 0.1) is 13.8 Å². The van der Waals surface area contributed by atoms with Gasteiger partial charge in [0.05, 0.1) is 6.04 Å². The van der Waals surface area contributed by atoms with Crippen LogP contribution in [-0.4, -0.2) is 39.6 Å². The number of pyridine rings is 2. The largest absolute Gasteiger partial charge is 0.457 e. The first kappa shape index (κ1) is 38.8. The Hall–Kier alpha value is -6.44. The number of carbonyl (C=O) groups excluding carboxylic acids is 3. The van der Waals surface area contributed by atoms with Gasteiger partial charge in [-0.05, 0) is 90.9 Å². The summed E-state index contributed by atoms with van der Waals surface area (Å²) >= 11 is 0. The summed E-state index contributed by atoms with van der Waals surface area (Å²) in [4.78, 5) is 71.6. The molecule has 11 nitrogen and oxygen atoms in total. The molecule has 0 radical (unpaired) electrons. The molecule has 4 N–H and O–H groups in total. The highest BCUT2D eigenvalue weighted by Gasteiger charge is 2.36. The third-order valence-electron chi connectivity index (χ3n) is 10.7. The molecule has 3 amide bonds. The van der Waals surface area contributed by atoms with Crippen LogP contribution in [0.4, 0.5) is 13.2 Å². The van der Waals surface area contributed by atoms with Gasteiger partial charge in [-0.1, -0.05) is 56.3 Å². The summed E-state index contributed by atoms with van der Waals surface area (Å²) < 4.78 is 45.3. The number of rotatable bonds is 8. The van der Waals surface area contributed by atoms with E-state index in [9.17, 15) is 37.1 Å². The second-order valence-corrected chi connectivity index (χ2v) is 15.3. The van der Waals surface area contributed by atoms with Gasteiger partial charge in [-0.3, -0.25) is 24.0 Å². The smallest absolute Gasteiger partial charge is 0.431 e. The number of carbonyl (C=O) groups is 3. The van der Waals surface area contributed by atoms with Crippen molar-refractivity contribution in [3.8, 4) is 11.5 Å². The lowest BCUT2D eigenvalue weighted by molar-refractivity contribution is -0.141. The van der Waals surface area contributed by atoms with E-state index in [1.54, 1.807) is 24.2 Å². The van der Waals surface area contributed by atoms with E-state index in [2.05, 4.69) is 15.6 Å². The van der Waals surface area contributed by atoms with Crippen LogP contribution in [0.2, 0.25) is 0 Å². The van der Waals surface area contributed by atoms with Crippen LogP contribution in [0.15, 0.2) is 88.5 Å². The summed E-state index contributed by atoms with van der Waals surface area (Å²) in [7, 11) is 1.56. The molecule has 1 unspecified atom stereocenters. The molecule has 0 saturated carbocycles. The summed E-state index contributed by atoms with van der Waals surface area (Å²) in [5.74, 6) is -0.669. The zero-order valence-electron chi connectivity index (χ0n) is 31.8. The summed E-state index contributed by atoms with van der Waals surface area (Å²) in [6, 6.07) is 20.0. The number of hydrogen-bond donors (Lipinski definition) is 4. The number of nitrogens with zero attached hydrogens (tertiary/aromatic N) is 1. The van der Waals surface area contributed by atoms with Crippen LogP contribution in [-0.2, 0) is 29.4 Å². The minimum Gasteiger partial charge on any atom is -0.457 e. The van der Waals surface area contributed by atoms with Gasteiger partial charge in [-0.2, -0.15) is 13.2 Å². The molecule has 0 spiro atoms. The molecule has 2 aliphatic rings. The molecule has 0 saturated heterocycles. The van der Waals surface area contributed by atoms with E-state index in [1.165, 1.54) is 11.0 Å². The monoisotopic (exact) mass is 779 g/mol. The van der Waals surface area contributed by atoms with Crippen LogP contribution in [0.1, 0.15) is 103 Å². The van der Waals surface area contributed by atoms with Crippen LogP contribution >= 0.6 is 0 Å². The molecule has 0 fully saturated rings. The summed E-state index contributed by atoms with van der Waals surface area (Å²) in [5, 5.41) is 5.58. The normalized spacial score (nSPS) is 15.3. The zero-order valence-corrected chi connectivity index (χ0v) is 31.8. The fourth-order valence-electron chi connectivity index (χ4n) is 7.31. The predicted molar refractivity (Wildman–Crippen MR) is 205 cm³/mol. The number of alkyl halides is 3. The first-order chi connectivity index (χ1) is 26.9. The third-order valence-corrected chi connectivity index (χ3v) is 10.7. The van der Waals surface area contributed by atoms with Gasteiger partial charge in [-0.25, -0.2) is 0 Å². The summed E-state index contributed by atoms with van der Waals surface area (Å²) in [6.45, 7) is 8.14. The van der Waals surface area contributed by atoms with Crippen molar-refractivity contribution in [3.63, 3.8) is 0 Å². The number of likely N-dealkylation sites (N-methyl/N-ethyl adjacent to an activating group) is 1. The number of nitrogens with one attached hydrogen (secondary N) is 4. The Bertz CT molecular complexity index is 2520. The Morgan fingerprint density at radius 1 is 0.737 bits per heavy atom. The van der Waals surface area contributed by atoms with Gasteiger partial charge in [-0.15, -0.1) is 0 Å². The Balaban J connectivity index is 1.05. The van der Waals surface area contributed by atoms with Crippen molar-refractivity contribution in [1.82, 2.24) is 25.5 Å². The lowest BCUT2D eigenvalue weighted by Crippen LogP contribution is -2.45. The van der Waals surface area contributed by atoms with Crippen LogP contribution in [0.3, 0.4) is 0 Å². The number of hydrogen-bond acceptors (Lipinski definition) is 6. The number of benzene rings is 3. The molecule has 0 bridgehead atoms. The molecule has 3 aromatic carbocycles. The van der Waals surface area contributed by atoms with Crippen molar-refractivity contribution in [1.29, 1.82) is 0 Å². The number of aromatic nitrogens is 2. The number of halogens is 3. The van der Waals surface area contributed by atoms with Gasteiger partial charge in [0.25, 0.3) is 22.9 Å². The number of fused-ring (bicyclic) bond motifs is 3. The van der Waals surface area contributed by atoms with Crippen molar-refractivity contribution >= 4 is 17.7 Å². The van der Waals surface area contributed by atoms with Gasteiger partial charge < -0.3 is 30.2 Å². The average molecular weight is 780 g/mol. The number of aromatic amines is 2. The summed E-state index contributed by atoms with van der Waals surface area (Å²) in [6.07, 6.45) is -3.64. The molecule has 7 rings (SSSR count). The maximum Gasteiger partial charge on any atom is 0.431 e. The van der Waals surface area contributed by atoms with E-state index in [0.29, 0.717) is 41.7 Å². The maximum absolute atomic E-state index is 13.7. The molecule has 294 valence electrons. The number of aryl methyl sites for hydroxylation is 3. The first-order valence-corrected chi connectivity index (χ1v) is 18.3. The van der Waals surface area contributed by atoms with Crippen molar-refractivity contribution in [2.75, 3.05) is 7.05 Å². The SMILES string of the molecule is Cc1ccc2c(c1)Oc1cc(C)ccc1C2NC(=O)c1ccc(C(C)(C)CCc2ccc3c(c2)CN(C)C(=O)C3NC(=O)c2ccc(C(F)(F)F)[nH]c2=O)[nH]c1=O. The second-order valence-electron chi connectivity index (χ2n) is 15.3. The lowest BCUT2D eigenvalue weighted by Gasteiger charge is -2.32. The molecule has 14 heteroatoms. The van der Waals surface area contributed by atoms with E-state index in [-0.39, 0.29) is 12.1 Å². The molecule has 2 aliphatic heterocycles. The van der Waals surface area contributed by atoms with E-state index >= 15 is 0 Å². The zero-order chi connectivity index (χ0) is 41.0. The highest BCUT2D eigenvalue weighted by Crippen LogP contribution is 2.43. The average Bonchev–Trinajstić information content (AvgIpc) is 3.14. The van der Waals surface area contributed by atoms with E-state index in [0.717, 1.165) is 39.4 Å². The molecular weight excluding hydrogens is 739 g/mol. The van der Waals surface area contributed by atoms with Crippen molar-refractivity contribution in [3.05, 3.63) is 161 Å². The molecule has 57 heavy (non-hydrogen) atoms. The van der Waals surface area contributed by atoms with Crippen LogP contribution < -0.4 is 26.5 Å². The summed E-state index contributed by atoms with van der Waals surface area (Å²) in [5.41, 5.74) is 2.26. The van der Waals surface area contributed by atoms with Gasteiger partial charge in [0.15, 0.2) is 0 Å². The van der Waals surface area contributed by atoms with Gasteiger partial charge in [0.1, 0.15) is 34.4 Å². The van der Waals surface area contributed by atoms with E-state index in [1.807, 2.05) is 76.2 Å². The minimum absolute atomic E-state index is 0.0266. The van der Waals surface area contributed by atoms with Crippen LogP contribution in [0.25, 0.3) is 0 Å². The fraction of sp³-hybridized carbons (Fsp3) is 0.279. The lowest BCUT2D eigenvalue weighted by atomic mass is 9.82. The van der Waals surface area contributed by atoms with Gasteiger partial charge >= 0.3 is 6.18 Å². The van der Waals surface area contributed by atoms with Gasteiger partial charge in [0, 0.05) is 35.8 Å². The second kappa shape index (κ2) is 14.6. The van der Waals surface area contributed by atoms with Crippen molar-refractivity contribution < 1.29 is 32.3 Å². The van der Waals surface area contributed by atoms with E-state index in [4.69, 9.17) is 4.74 Å². The van der Waals surface area contributed by atoms with Crippen molar-refractivity contribution in [2.24, 2.45) is 0 Å². The molecule has 4 heterocycles. The minimum atomic E-state index is -4.80. The quantitative estimate of drug-likeness (QED) is 0.138. The molecule has 2 aromatic heterocycles. The number of ether oxygens (including phenoxy) is 1. The van der Waals surface area contributed by atoms with Gasteiger partial charge in [0.2, 0.25) is 5.91 Å². The number of H-pyrrole nitrogens is 2. The Labute approximate surface area is 325 Å². The highest BCUT2D eigenvalue weighted by molar-refractivity contribution is 5.98. The Kier molecular flexibility index (Phi) is 9.92. The van der Waals surface area contributed by atoms with E-state index < -0.39 is 63.8 Å². The Morgan fingerprint density at radius 3 is 1.82 bits per heavy atom. The standard InChI is InChI=1S/C43H40F3N5O6/c1-22-6-9-27-31(18-22)57-32-19-23(2)7-10-28(32)35(27)49-39(54)29-12-14-33(47-37(29)52)42(3,4)17-16-24-8-11-26-25(20-24)21-51(5)41(56)36(26)50-40(55)30-13-15-34(43(44,45)46)48-38(30)53/h6-15,18-20,35-36H,16-17,21H2,1-5H3,(H,47,52)(H,48,53)(H,49,54)(H,50,55). The maximum atomic E-state index is 13.7. The third kappa shape index (κ3) is 7.71. The molecule has 5 aromatic rings. The van der Waals surface area contributed by atoms with Crippen LogP contribution in [0.5, 0.6) is 11.5 Å². The predicted octanol–water partition coefficient (Wildman–Crippen LogP) is 6.68. The molecular formula is C43H40F3N5O6. The molecule has 0 aliphatic carbocycles.